The highest BCUT2D eigenvalue weighted by molar-refractivity contribution is 6.09. The molecule has 0 bridgehead atoms. The molecule has 2 aromatic carbocycles. The van der Waals surface area contributed by atoms with Crippen LogP contribution in [0, 0.1) is 11.6 Å². The van der Waals surface area contributed by atoms with Gasteiger partial charge in [-0.05, 0) is 42.5 Å². The van der Waals surface area contributed by atoms with E-state index in [2.05, 4.69) is 0 Å². The number of halogens is 2. The van der Waals surface area contributed by atoms with E-state index in [4.69, 9.17) is 4.74 Å². The molecule has 2 nitrogen and oxygen atoms in total. The summed E-state index contributed by atoms with van der Waals surface area (Å²) < 4.78 is 30.8. The van der Waals surface area contributed by atoms with E-state index in [0.717, 1.165) is 12.1 Å². The number of hydrogen-bond acceptors (Lipinski definition) is 2. The number of rotatable bonds is 3. The molecule has 0 aromatic heterocycles. The average molecular weight is 248 g/mol. The monoisotopic (exact) mass is 248 g/mol. The molecule has 0 aliphatic carbocycles. The van der Waals surface area contributed by atoms with Gasteiger partial charge in [-0.1, -0.05) is 0 Å². The third-order valence-corrected chi connectivity index (χ3v) is 2.53. The van der Waals surface area contributed by atoms with Crippen molar-refractivity contribution in [2.24, 2.45) is 0 Å². The Morgan fingerprint density at radius 1 is 0.944 bits per heavy atom. The maximum Gasteiger partial charge on any atom is 0.193 e. The highest BCUT2D eigenvalue weighted by Gasteiger charge is 2.11. The minimum Gasteiger partial charge on any atom is -0.497 e. The van der Waals surface area contributed by atoms with Crippen molar-refractivity contribution in [2.45, 2.75) is 0 Å². The van der Waals surface area contributed by atoms with E-state index in [0.29, 0.717) is 11.3 Å². The van der Waals surface area contributed by atoms with Crippen molar-refractivity contribution < 1.29 is 18.3 Å². The molecule has 4 heteroatoms. The molecule has 18 heavy (non-hydrogen) atoms. The van der Waals surface area contributed by atoms with Crippen LogP contribution in [0.1, 0.15) is 15.9 Å². The Balaban J connectivity index is 2.32. The van der Waals surface area contributed by atoms with E-state index in [9.17, 15) is 13.6 Å². The summed E-state index contributed by atoms with van der Waals surface area (Å²) in [6.45, 7) is 0. The smallest absolute Gasteiger partial charge is 0.193 e. The van der Waals surface area contributed by atoms with Crippen LogP contribution in [-0.2, 0) is 0 Å². The van der Waals surface area contributed by atoms with Crippen LogP contribution in [0.25, 0.3) is 0 Å². The lowest BCUT2D eigenvalue weighted by Gasteiger charge is -2.03. The van der Waals surface area contributed by atoms with Crippen molar-refractivity contribution in [1.82, 2.24) is 0 Å². The van der Waals surface area contributed by atoms with Gasteiger partial charge in [-0.25, -0.2) is 8.78 Å². The number of hydrogen-bond donors (Lipinski definition) is 0. The van der Waals surface area contributed by atoms with Crippen LogP contribution < -0.4 is 4.74 Å². The first kappa shape index (κ1) is 12.2. The summed E-state index contributed by atoms with van der Waals surface area (Å²) >= 11 is 0. The van der Waals surface area contributed by atoms with Crippen LogP contribution in [0.3, 0.4) is 0 Å². The fourth-order valence-corrected chi connectivity index (χ4v) is 1.55. The van der Waals surface area contributed by atoms with Crippen molar-refractivity contribution in [1.29, 1.82) is 0 Å². The Bertz CT molecular complexity index is 577. The minimum atomic E-state index is -1.03. The number of methoxy groups -OCH3 is 1. The van der Waals surface area contributed by atoms with Gasteiger partial charge in [-0.15, -0.1) is 0 Å². The Morgan fingerprint density at radius 2 is 1.56 bits per heavy atom. The molecule has 0 N–H and O–H groups in total. The molecule has 0 aliphatic rings. The Kier molecular flexibility index (Phi) is 3.37. The molecule has 0 saturated heterocycles. The zero-order valence-corrected chi connectivity index (χ0v) is 9.61. The fraction of sp³-hybridized carbons (Fsp3) is 0.0714. The molecule has 0 fully saturated rings. The normalized spacial score (nSPS) is 10.2. The highest BCUT2D eigenvalue weighted by Crippen LogP contribution is 2.16. The van der Waals surface area contributed by atoms with Crippen molar-refractivity contribution in [2.75, 3.05) is 7.11 Å². The molecule has 2 rings (SSSR count). The largest absolute Gasteiger partial charge is 0.497 e. The standard InChI is InChI=1S/C14H10F2O2/c1-18-11-5-2-9(3-6-11)14(17)10-4-7-12(15)13(16)8-10/h2-8H,1H3. The third-order valence-electron chi connectivity index (χ3n) is 2.53. The van der Waals surface area contributed by atoms with Gasteiger partial charge in [-0.2, -0.15) is 0 Å². The fourth-order valence-electron chi connectivity index (χ4n) is 1.55. The molecule has 0 aliphatic heterocycles. The van der Waals surface area contributed by atoms with Crippen LogP contribution in [0.5, 0.6) is 5.75 Å². The molecule has 0 saturated carbocycles. The van der Waals surface area contributed by atoms with Gasteiger partial charge in [0.2, 0.25) is 0 Å². The van der Waals surface area contributed by atoms with E-state index >= 15 is 0 Å². The summed E-state index contributed by atoms with van der Waals surface area (Å²) in [5.74, 6) is -1.75. The Labute approximate surface area is 103 Å². The van der Waals surface area contributed by atoms with Gasteiger partial charge in [0, 0.05) is 11.1 Å². The summed E-state index contributed by atoms with van der Waals surface area (Å²) in [4.78, 5) is 12.0. The van der Waals surface area contributed by atoms with Crippen molar-refractivity contribution in [3.63, 3.8) is 0 Å². The topological polar surface area (TPSA) is 26.3 Å². The summed E-state index contributed by atoms with van der Waals surface area (Å²) in [6, 6.07) is 9.49. The summed E-state index contributed by atoms with van der Waals surface area (Å²) in [7, 11) is 1.52. The molecule has 0 unspecified atom stereocenters. The van der Waals surface area contributed by atoms with Gasteiger partial charge in [0.15, 0.2) is 17.4 Å². The van der Waals surface area contributed by atoms with Gasteiger partial charge in [0.1, 0.15) is 5.75 Å². The number of carbonyl (C=O) groups excluding carboxylic acids is 1. The van der Waals surface area contributed by atoms with Gasteiger partial charge in [0.25, 0.3) is 0 Å². The summed E-state index contributed by atoms with van der Waals surface area (Å²) in [5, 5.41) is 0. The molecular formula is C14H10F2O2. The van der Waals surface area contributed by atoms with Gasteiger partial charge in [0.05, 0.1) is 7.11 Å². The lowest BCUT2D eigenvalue weighted by Crippen LogP contribution is -2.02. The second-order valence-electron chi connectivity index (χ2n) is 3.69. The van der Waals surface area contributed by atoms with Crippen LogP contribution in [0.15, 0.2) is 42.5 Å². The number of ether oxygens (including phenoxy) is 1. The van der Waals surface area contributed by atoms with Gasteiger partial charge >= 0.3 is 0 Å². The van der Waals surface area contributed by atoms with Crippen LogP contribution in [-0.4, -0.2) is 12.9 Å². The minimum absolute atomic E-state index is 0.110. The first-order valence-electron chi connectivity index (χ1n) is 5.25. The van der Waals surface area contributed by atoms with E-state index in [1.807, 2.05) is 0 Å². The molecule has 0 radical (unpaired) electrons. The molecule has 0 heterocycles. The Morgan fingerprint density at radius 3 is 2.11 bits per heavy atom. The lowest BCUT2D eigenvalue weighted by atomic mass is 10.0. The summed E-state index contributed by atoms with van der Waals surface area (Å²) in [5.41, 5.74) is 0.501. The summed E-state index contributed by atoms with van der Waals surface area (Å²) in [6.07, 6.45) is 0. The lowest BCUT2D eigenvalue weighted by molar-refractivity contribution is 0.103. The van der Waals surface area contributed by atoms with Crippen molar-refractivity contribution in [3.8, 4) is 5.75 Å². The van der Waals surface area contributed by atoms with Gasteiger partial charge < -0.3 is 4.74 Å². The van der Waals surface area contributed by atoms with Crippen molar-refractivity contribution >= 4 is 5.78 Å². The van der Waals surface area contributed by atoms with E-state index in [-0.39, 0.29) is 11.3 Å². The quantitative estimate of drug-likeness (QED) is 0.780. The number of benzene rings is 2. The number of carbonyl (C=O) groups is 1. The van der Waals surface area contributed by atoms with Crippen LogP contribution in [0.4, 0.5) is 8.78 Å². The maximum atomic E-state index is 13.0. The first-order valence-corrected chi connectivity index (χ1v) is 5.25. The highest BCUT2D eigenvalue weighted by atomic mass is 19.2. The molecule has 92 valence electrons. The van der Waals surface area contributed by atoms with E-state index in [1.54, 1.807) is 24.3 Å². The predicted molar refractivity (Wildman–Crippen MR) is 62.8 cm³/mol. The van der Waals surface area contributed by atoms with Crippen LogP contribution >= 0.6 is 0 Å². The molecule has 2 aromatic rings. The van der Waals surface area contributed by atoms with Crippen LogP contribution in [0.2, 0.25) is 0 Å². The average Bonchev–Trinajstić information content (AvgIpc) is 2.41. The SMILES string of the molecule is COc1ccc(C(=O)c2ccc(F)c(F)c2)cc1. The zero-order valence-electron chi connectivity index (χ0n) is 9.61. The van der Waals surface area contributed by atoms with Crippen molar-refractivity contribution in [3.05, 3.63) is 65.2 Å². The second kappa shape index (κ2) is 4.96. The Hall–Kier alpha value is -2.23. The molecule has 0 atom stereocenters. The third kappa shape index (κ3) is 2.37. The van der Waals surface area contributed by atoms with E-state index in [1.165, 1.54) is 13.2 Å². The molecule has 0 spiro atoms. The maximum absolute atomic E-state index is 13.0. The first-order chi connectivity index (χ1) is 8.61. The zero-order chi connectivity index (χ0) is 13.1. The second-order valence-corrected chi connectivity index (χ2v) is 3.69. The molecular weight excluding hydrogens is 238 g/mol. The van der Waals surface area contributed by atoms with Gasteiger partial charge in [-0.3, -0.25) is 4.79 Å². The molecule has 0 amide bonds. The predicted octanol–water partition coefficient (Wildman–Crippen LogP) is 3.20. The van der Waals surface area contributed by atoms with E-state index < -0.39 is 11.6 Å². The number of ketones is 1.